The number of thioether (sulfide) groups is 1. The van der Waals surface area contributed by atoms with Crippen molar-refractivity contribution in [2.24, 2.45) is 5.73 Å². The number of benzene rings is 2. The second kappa shape index (κ2) is 10.1. The Morgan fingerprint density at radius 1 is 1.15 bits per heavy atom. The van der Waals surface area contributed by atoms with Gasteiger partial charge in [0.25, 0.3) is 0 Å². The molecule has 1 amide bonds. The maximum absolute atomic E-state index is 15.0. The summed E-state index contributed by atoms with van der Waals surface area (Å²) in [5, 5.41) is -0.527. The molecule has 0 saturated carbocycles. The average molecular weight is 586 g/mol. The minimum Gasteiger partial charge on any atom is -0.352 e. The van der Waals surface area contributed by atoms with Gasteiger partial charge in [-0.2, -0.15) is 18.2 Å². The number of alkyl halides is 3. The zero-order valence-electron chi connectivity index (χ0n) is 20.2. The molecule has 2 aromatic carbocycles. The molecule has 3 aromatic rings. The van der Waals surface area contributed by atoms with Crippen molar-refractivity contribution >= 4 is 46.0 Å². The van der Waals surface area contributed by atoms with E-state index < -0.39 is 51.3 Å². The van der Waals surface area contributed by atoms with Crippen LogP contribution in [-0.2, 0) is 17.5 Å². The SMILES string of the molecule is C=CC(=O)N1CCN(c2nc(=O)n3c4c(c(-c5cc(Cl)c(F)cc5F)c(C(F)(F)F)cc24)SCC(N)C3)CC1. The number of halogens is 6. The van der Waals surface area contributed by atoms with Gasteiger partial charge in [0, 0.05) is 72.0 Å². The van der Waals surface area contributed by atoms with Gasteiger partial charge in [0.05, 0.1) is 16.1 Å². The predicted octanol–water partition coefficient (Wildman–Crippen LogP) is 4.28. The summed E-state index contributed by atoms with van der Waals surface area (Å²) in [6.45, 7) is 4.34. The quantitative estimate of drug-likeness (QED) is 0.281. The predicted molar refractivity (Wildman–Crippen MR) is 139 cm³/mol. The number of nitrogens with zero attached hydrogens (tertiary/aromatic N) is 4. The molecule has 206 valence electrons. The maximum atomic E-state index is 15.0. The fraction of sp³-hybridized carbons (Fsp3) is 0.320. The Labute approximate surface area is 228 Å². The molecular weight excluding hydrogens is 565 g/mol. The summed E-state index contributed by atoms with van der Waals surface area (Å²) in [5.74, 6) is -2.50. The van der Waals surface area contributed by atoms with E-state index in [1.807, 2.05) is 0 Å². The van der Waals surface area contributed by atoms with E-state index in [2.05, 4.69) is 11.6 Å². The van der Waals surface area contributed by atoms with Crippen LogP contribution in [0.5, 0.6) is 0 Å². The Bertz CT molecular complexity index is 1570. The van der Waals surface area contributed by atoms with Crippen LogP contribution in [0.2, 0.25) is 5.02 Å². The van der Waals surface area contributed by atoms with Crippen LogP contribution in [0.4, 0.5) is 27.8 Å². The summed E-state index contributed by atoms with van der Waals surface area (Å²) < 4.78 is 74.0. The molecule has 0 spiro atoms. The van der Waals surface area contributed by atoms with E-state index in [1.165, 1.54) is 15.5 Å². The van der Waals surface area contributed by atoms with Crippen LogP contribution in [0.3, 0.4) is 0 Å². The van der Waals surface area contributed by atoms with Crippen molar-refractivity contribution in [3.63, 3.8) is 0 Å². The molecule has 1 unspecified atom stereocenters. The normalized spacial score (nSPS) is 17.9. The van der Waals surface area contributed by atoms with Crippen LogP contribution in [0, 0.1) is 11.6 Å². The van der Waals surface area contributed by atoms with Crippen LogP contribution in [0.15, 0.2) is 40.5 Å². The highest BCUT2D eigenvalue weighted by atomic mass is 35.5. The average Bonchev–Trinajstić information content (AvgIpc) is 3.07. The van der Waals surface area contributed by atoms with Crippen molar-refractivity contribution in [1.29, 1.82) is 0 Å². The first-order valence-corrected chi connectivity index (χ1v) is 13.2. The number of carbonyl (C=O) groups excluding carboxylic acids is 1. The van der Waals surface area contributed by atoms with Crippen LogP contribution in [0.1, 0.15) is 5.56 Å². The summed E-state index contributed by atoms with van der Waals surface area (Å²) in [4.78, 5) is 32.5. The zero-order chi connectivity index (χ0) is 28.2. The number of amides is 1. The highest BCUT2D eigenvalue weighted by Crippen LogP contribution is 2.49. The molecular formula is C25H21ClF5N5O2S. The molecule has 2 N–H and O–H groups in total. The number of hydrogen-bond donors (Lipinski definition) is 1. The lowest BCUT2D eigenvalue weighted by Gasteiger charge is -2.35. The van der Waals surface area contributed by atoms with Crippen LogP contribution in [0.25, 0.3) is 22.0 Å². The summed E-state index contributed by atoms with van der Waals surface area (Å²) in [5.41, 5.74) is 3.24. The molecule has 5 rings (SSSR count). The van der Waals surface area contributed by atoms with Gasteiger partial charge < -0.3 is 15.5 Å². The lowest BCUT2D eigenvalue weighted by atomic mass is 9.95. The number of piperazine rings is 1. The molecule has 2 aliphatic heterocycles. The Morgan fingerprint density at radius 2 is 1.85 bits per heavy atom. The van der Waals surface area contributed by atoms with Gasteiger partial charge in [0.15, 0.2) is 0 Å². The van der Waals surface area contributed by atoms with E-state index >= 15 is 4.39 Å². The van der Waals surface area contributed by atoms with Gasteiger partial charge in [0.1, 0.15) is 17.5 Å². The second-order valence-electron chi connectivity index (χ2n) is 9.18. The molecule has 7 nitrogen and oxygen atoms in total. The van der Waals surface area contributed by atoms with Gasteiger partial charge in [0.2, 0.25) is 5.91 Å². The monoisotopic (exact) mass is 585 g/mol. The van der Waals surface area contributed by atoms with Gasteiger partial charge in [-0.3, -0.25) is 9.36 Å². The van der Waals surface area contributed by atoms with Gasteiger partial charge in [-0.05, 0) is 18.2 Å². The summed E-state index contributed by atoms with van der Waals surface area (Å²) in [7, 11) is 0. The first-order valence-electron chi connectivity index (χ1n) is 11.8. The summed E-state index contributed by atoms with van der Waals surface area (Å²) >= 11 is 6.81. The van der Waals surface area contributed by atoms with Crippen LogP contribution in [-0.4, -0.2) is 58.3 Å². The maximum Gasteiger partial charge on any atom is 0.417 e. The highest BCUT2D eigenvalue weighted by Gasteiger charge is 2.39. The van der Waals surface area contributed by atoms with Gasteiger partial charge in [-0.25, -0.2) is 13.6 Å². The minimum atomic E-state index is -4.96. The highest BCUT2D eigenvalue weighted by molar-refractivity contribution is 7.99. The minimum absolute atomic E-state index is 0.0175. The van der Waals surface area contributed by atoms with E-state index in [0.717, 1.165) is 23.9 Å². The van der Waals surface area contributed by atoms with E-state index in [-0.39, 0.29) is 66.0 Å². The van der Waals surface area contributed by atoms with Gasteiger partial charge >= 0.3 is 11.9 Å². The summed E-state index contributed by atoms with van der Waals surface area (Å²) in [6.07, 6.45) is -3.79. The zero-order valence-corrected chi connectivity index (χ0v) is 21.8. The second-order valence-corrected chi connectivity index (χ2v) is 10.6. The topological polar surface area (TPSA) is 84.5 Å². The number of nitrogens with two attached hydrogens (primary N) is 1. The third kappa shape index (κ3) is 4.87. The van der Waals surface area contributed by atoms with Gasteiger partial charge in [-0.15, -0.1) is 11.8 Å². The number of aromatic nitrogens is 2. The molecule has 1 atom stereocenters. The number of anilines is 1. The first kappa shape index (κ1) is 27.4. The lowest BCUT2D eigenvalue weighted by Crippen LogP contribution is -2.49. The van der Waals surface area contributed by atoms with Gasteiger partial charge in [-0.1, -0.05) is 18.2 Å². The van der Waals surface area contributed by atoms with Crippen LogP contribution < -0.4 is 16.3 Å². The molecule has 0 bridgehead atoms. The Kier molecular flexibility index (Phi) is 7.10. The van der Waals surface area contributed by atoms with E-state index in [4.69, 9.17) is 17.3 Å². The molecule has 1 aromatic heterocycles. The van der Waals surface area contributed by atoms with E-state index in [9.17, 15) is 27.2 Å². The molecule has 0 radical (unpaired) electrons. The van der Waals surface area contributed by atoms with Crippen molar-refractivity contribution < 1.29 is 26.7 Å². The van der Waals surface area contributed by atoms with E-state index in [1.54, 1.807) is 4.90 Å². The van der Waals surface area contributed by atoms with Crippen molar-refractivity contribution in [3.05, 3.63) is 63.6 Å². The Hall–Kier alpha value is -3.16. The molecule has 1 fully saturated rings. The summed E-state index contributed by atoms with van der Waals surface area (Å²) in [6, 6.07) is 1.46. The number of rotatable bonds is 3. The fourth-order valence-corrected chi connectivity index (χ4v) is 6.27. The number of hydrogen-bond acceptors (Lipinski definition) is 6. The smallest absolute Gasteiger partial charge is 0.352 e. The Balaban J connectivity index is 1.83. The van der Waals surface area contributed by atoms with Crippen molar-refractivity contribution in [2.75, 3.05) is 36.8 Å². The largest absolute Gasteiger partial charge is 0.417 e. The third-order valence-electron chi connectivity index (χ3n) is 6.71. The standard InChI is InChI=1S/C25H21ClF5N5O2S/c1-2-19(37)34-3-5-35(6-4-34)23-14-7-15(25(29,30)31)20(13-8-16(26)18(28)9-17(13)27)22-21(14)36(24(38)33-23)10-12(32)11-39-22/h2,7-9,12H,1,3-6,10-11,32H2. The van der Waals surface area contributed by atoms with Crippen molar-refractivity contribution in [1.82, 2.24) is 14.5 Å². The van der Waals surface area contributed by atoms with E-state index in [0.29, 0.717) is 6.07 Å². The first-order chi connectivity index (χ1) is 18.4. The molecule has 1 saturated heterocycles. The fourth-order valence-electron chi connectivity index (χ4n) is 4.89. The lowest BCUT2D eigenvalue weighted by molar-refractivity contribution is -0.137. The molecule has 39 heavy (non-hydrogen) atoms. The molecule has 2 aliphatic rings. The third-order valence-corrected chi connectivity index (χ3v) is 8.28. The van der Waals surface area contributed by atoms with Crippen molar-refractivity contribution in [2.45, 2.75) is 23.7 Å². The molecule has 3 heterocycles. The van der Waals surface area contributed by atoms with Crippen molar-refractivity contribution in [3.8, 4) is 11.1 Å². The molecule has 0 aliphatic carbocycles. The molecule has 14 heteroatoms. The number of carbonyl (C=O) groups is 1. The van der Waals surface area contributed by atoms with Crippen LogP contribution >= 0.6 is 23.4 Å². The Morgan fingerprint density at radius 3 is 2.49 bits per heavy atom.